The number of aryl methyl sites for hydroxylation is 1. The van der Waals surface area contributed by atoms with Gasteiger partial charge in [0.2, 0.25) is 5.91 Å². The van der Waals surface area contributed by atoms with Crippen molar-refractivity contribution in [1.29, 1.82) is 0 Å². The molecule has 0 spiro atoms. The molecule has 2 aromatic heterocycles. The van der Waals surface area contributed by atoms with E-state index in [1.165, 1.54) is 29.3 Å². The SMILES string of the molecule is Cc1c(C(=O)Nc2ccnc(C3(C)CC(=O)N(C)C(N)=N3)c2)oc2ccc(F)cc12. The molecule has 2 amide bonds. The van der Waals surface area contributed by atoms with Crippen LogP contribution in [-0.2, 0) is 10.3 Å². The van der Waals surface area contributed by atoms with Crippen LogP contribution in [0.1, 0.15) is 35.2 Å². The molecule has 3 heterocycles. The molecule has 1 unspecified atom stereocenters. The third-order valence-electron chi connectivity index (χ3n) is 5.25. The third kappa shape index (κ3) is 3.28. The fraction of sp³-hybridized carbons (Fsp3) is 0.238. The normalized spacial score (nSPS) is 19.1. The highest BCUT2D eigenvalue weighted by atomic mass is 19.1. The number of guanidine groups is 1. The van der Waals surface area contributed by atoms with Crippen LogP contribution >= 0.6 is 0 Å². The van der Waals surface area contributed by atoms with Crippen molar-refractivity contribution in [3.63, 3.8) is 0 Å². The number of carbonyl (C=O) groups excluding carboxylic acids is 2. The molecular formula is C21H20FN5O3. The smallest absolute Gasteiger partial charge is 0.291 e. The second-order valence-electron chi connectivity index (χ2n) is 7.45. The Morgan fingerprint density at radius 2 is 2.10 bits per heavy atom. The molecule has 0 saturated carbocycles. The Morgan fingerprint density at radius 3 is 2.83 bits per heavy atom. The number of aromatic nitrogens is 1. The van der Waals surface area contributed by atoms with E-state index in [4.69, 9.17) is 10.2 Å². The lowest BCUT2D eigenvalue weighted by Crippen LogP contribution is -2.47. The zero-order valence-corrected chi connectivity index (χ0v) is 16.7. The topological polar surface area (TPSA) is 114 Å². The minimum Gasteiger partial charge on any atom is -0.451 e. The number of anilines is 1. The lowest BCUT2D eigenvalue weighted by Gasteiger charge is -2.32. The zero-order chi connectivity index (χ0) is 21.6. The molecule has 3 N–H and O–H groups in total. The first-order chi connectivity index (χ1) is 14.2. The number of pyridine rings is 1. The number of benzene rings is 1. The van der Waals surface area contributed by atoms with Crippen LogP contribution in [-0.4, -0.2) is 34.7 Å². The number of carbonyl (C=O) groups is 2. The highest BCUT2D eigenvalue weighted by Gasteiger charge is 2.37. The van der Waals surface area contributed by atoms with E-state index in [-0.39, 0.29) is 24.0 Å². The molecule has 0 fully saturated rings. The van der Waals surface area contributed by atoms with Gasteiger partial charge in [-0.1, -0.05) is 0 Å². The minimum absolute atomic E-state index is 0.0944. The van der Waals surface area contributed by atoms with Crippen LogP contribution in [0, 0.1) is 12.7 Å². The minimum atomic E-state index is -0.943. The number of nitrogens with two attached hydrogens (primary N) is 1. The summed E-state index contributed by atoms with van der Waals surface area (Å²) < 4.78 is 19.1. The van der Waals surface area contributed by atoms with Crippen molar-refractivity contribution in [2.45, 2.75) is 25.8 Å². The molecular weight excluding hydrogens is 389 g/mol. The van der Waals surface area contributed by atoms with Gasteiger partial charge in [0, 0.05) is 29.9 Å². The second kappa shape index (κ2) is 6.94. The van der Waals surface area contributed by atoms with Gasteiger partial charge in [0.15, 0.2) is 11.7 Å². The first-order valence-corrected chi connectivity index (χ1v) is 9.26. The van der Waals surface area contributed by atoms with E-state index in [9.17, 15) is 14.0 Å². The molecule has 0 saturated heterocycles. The summed E-state index contributed by atoms with van der Waals surface area (Å²) in [5, 5.41) is 3.30. The highest BCUT2D eigenvalue weighted by molar-refractivity contribution is 6.06. The van der Waals surface area contributed by atoms with E-state index in [0.29, 0.717) is 27.9 Å². The number of fused-ring (bicyclic) bond motifs is 1. The van der Waals surface area contributed by atoms with Crippen molar-refractivity contribution in [3.8, 4) is 0 Å². The highest BCUT2D eigenvalue weighted by Crippen LogP contribution is 2.33. The van der Waals surface area contributed by atoms with Crippen molar-refractivity contribution in [3.05, 3.63) is 59.4 Å². The number of nitrogens with zero attached hydrogens (tertiary/aromatic N) is 3. The number of aliphatic imine (C=N–C) groups is 1. The molecule has 1 atom stereocenters. The Morgan fingerprint density at radius 1 is 1.33 bits per heavy atom. The average molecular weight is 409 g/mol. The fourth-order valence-corrected chi connectivity index (χ4v) is 3.46. The quantitative estimate of drug-likeness (QED) is 0.690. The van der Waals surface area contributed by atoms with Gasteiger partial charge in [0.25, 0.3) is 5.91 Å². The van der Waals surface area contributed by atoms with E-state index in [2.05, 4.69) is 15.3 Å². The molecule has 9 heteroatoms. The zero-order valence-electron chi connectivity index (χ0n) is 16.7. The van der Waals surface area contributed by atoms with E-state index < -0.39 is 17.3 Å². The second-order valence-corrected chi connectivity index (χ2v) is 7.45. The van der Waals surface area contributed by atoms with Crippen LogP contribution in [0.15, 0.2) is 45.9 Å². The van der Waals surface area contributed by atoms with Crippen LogP contribution < -0.4 is 11.1 Å². The van der Waals surface area contributed by atoms with Crippen LogP contribution in [0.4, 0.5) is 10.1 Å². The Kier molecular flexibility index (Phi) is 4.53. The maximum absolute atomic E-state index is 13.5. The van der Waals surface area contributed by atoms with Gasteiger partial charge in [-0.25, -0.2) is 9.38 Å². The van der Waals surface area contributed by atoms with Gasteiger partial charge in [-0.3, -0.25) is 19.5 Å². The van der Waals surface area contributed by atoms with Crippen molar-refractivity contribution >= 4 is 34.4 Å². The van der Waals surface area contributed by atoms with E-state index in [1.807, 2.05) is 0 Å². The number of amides is 2. The van der Waals surface area contributed by atoms with Gasteiger partial charge in [-0.15, -0.1) is 0 Å². The van der Waals surface area contributed by atoms with Gasteiger partial charge >= 0.3 is 0 Å². The Balaban J connectivity index is 1.63. The largest absolute Gasteiger partial charge is 0.451 e. The molecule has 154 valence electrons. The molecule has 3 aromatic rings. The summed E-state index contributed by atoms with van der Waals surface area (Å²) in [5.74, 6) is -0.856. The van der Waals surface area contributed by atoms with Gasteiger partial charge < -0.3 is 15.5 Å². The summed E-state index contributed by atoms with van der Waals surface area (Å²) in [4.78, 5) is 35.0. The van der Waals surface area contributed by atoms with Gasteiger partial charge in [-0.05, 0) is 44.2 Å². The summed E-state index contributed by atoms with van der Waals surface area (Å²) in [5.41, 5.74) is 6.84. The number of hydrogen-bond donors (Lipinski definition) is 2. The third-order valence-corrected chi connectivity index (χ3v) is 5.25. The number of hydrogen-bond acceptors (Lipinski definition) is 6. The summed E-state index contributed by atoms with van der Waals surface area (Å²) >= 11 is 0. The maximum Gasteiger partial charge on any atom is 0.291 e. The molecule has 0 radical (unpaired) electrons. The van der Waals surface area contributed by atoms with E-state index in [0.717, 1.165) is 0 Å². The molecule has 1 aliphatic rings. The maximum atomic E-state index is 13.5. The average Bonchev–Trinajstić information content (AvgIpc) is 3.02. The molecule has 4 rings (SSSR count). The lowest BCUT2D eigenvalue weighted by molar-refractivity contribution is -0.128. The summed E-state index contributed by atoms with van der Waals surface area (Å²) in [6.45, 7) is 3.46. The first-order valence-electron chi connectivity index (χ1n) is 9.26. The Labute approximate surface area is 171 Å². The fourth-order valence-electron chi connectivity index (χ4n) is 3.46. The predicted molar refractivity (Wildman–Crippen MR) is 109 cm³/mol. The molecule has 0 aliphatic carbocycles. The molecule has 1 aromatic carbocycles. The summed E-state index contributed by atoms with van der Waals surface area (Å²) in [6, 6.07) is 7.35. The lowest BCUT2D eigenvalue weighted by atomic mass is 9.91. The van der Waals surface area contributed by atoms with E-state index >= 15 is 0 Å². The van der Waals surface area contributed by atoms with Gasteiger partial charge in [0.1, 0.15) is 16.9 Å². The van der Waals surface area contributed by atoms with Gasteiger partial charge in [-0.2, -0.15) is 0 Å². The molecule has 30 heavy (non-hydrogen) atoms. The van der Waals surface area contributed by atoms with Crippen molar-refractivity contribution in [1.82, 2.24) is 9.88 Å². The van der Waals surface area contributed by atoms with Crippen molar-refractivity contribution in [2.24, 2.45) is 10.7 Å². The number of nitrogens with one attached hydrogen (secondary N) is 1. The first kappa shape index (κ1) is 19.6. The van der Waals surface area contributed by atoms with Crippen LogP contribution in [0.3, 0.4) is 0 Å². The van der Waals surface area contributed by atoms with E-state index in [1.54, 1.807) is 33.0 Å². The Hall–Kier alpha value is -3.75. The van der Waals surface area contributed by atoms with Crippen LogP contribution in [0.2, 0.25) is 0 Å². The van der Waals surface area contributed by atoms with Crippen LogP contribution in [0.25, 0.3) is 11.0 Å². The molecule has 0 bridgehead atoms. The predicted octanol–water partition coefficient (Wildman–Crippen LogP) is 2.92. The van der Waals surface area contributed by atoms with Crippen molar-refractivity contribution in [2.75, 3.05) is 12.4 Å². The Bertz CT molecular complexity index is 1220. The van der Waals surface area contributed by atoms with Gasteiger partial charge in [0.05, 0.1) is 12.1 Å². The number of furan rings is 1. The standard InChI is InChI=1S/C21H20FN5O3/c1-11-14-8-12(22)4-5-15(14)30-18(11)19(29)25-13-6-7-24-16(9-13)21(2)10-17(28)27(3)20(23)26-21/h4-9H,10H2,1-3H3,(H2,23,26)(H,24,25,29). The molecule has 8 nitrogen and oxygen atoms in total. The summed E-state index contributed by atoms with van der Waals surface area (Å²) in [7, 11) is 1.56. The number of rotatable bonds is 3. The number of halogens is 1. The monoisotopic (exact) mass is 409 g/mol. The van der Waals surface area contributed by atoms with Crippen LogP contribution in [0.5, 0.6) is 0 Å². The summed E-state index contributed by atoms with van der Waals surface area (Å²) in [6.07, 6.45) is 1.62. The van der Waals surface area contributed by atoms with Crippen molar-refractivity contribution < 1.29 is 18.4 Å². The molecule has 1 aliphatic heterocycles.